The van der Waals surface area contributed by atoms with Crippen LogP contribution < -0.4 is 0 Å². The van der Waals surface area contributed by atoms with Gasteiger partial charge in [0, 0.05) is 18.3 Å². The molecule has 0 radical (unpaired) electrons. The van der Waals surface area contributed by atoms with Gasteiger partial charge in [-0.25, -0.2) is 4.98 Å². The van der Waals surface area contributed by atoms with Crippen molar-refractivity contribution in [3.63, 3.8) is 0 Å². The normalized spacial score (nSPS) is 14.5. The molecule has 3 heteroatoms. The SMILES string of the molecule is CC.Cc1ncc2n1C(=O)CCC2. The lowest BCUT2D eigenvalue weighted by Crippen LogP contribution is -2.19. The highest BCUT2D eigenvalue weighted by atomic mass is 16.2. The van der Waals surface area contributed by atoms with Crippen molar-refractivity contribution >= 4 is 5.91 Å². The number of rotatable bonds is 0. The minimum Gasteiger partial charge on any atom is -0.274 e. The number of hydrogen-bond donors (Lipinski definition) is 0. The van der Waals surface area contributed by atoms with Crippen molar-refractivity contribution in [3.05, 3.63) is 17.7 Å². The number of fused-ring (bicyclic) bond motifs is 1. The van der Waals surface area contributed by atoms with Crippen LogP contribution in [0.1, 0.15) is 43.0 Å². The van der Waals surface area contributed by atoms with Gasteiger partial charge in [0.15, 0.2) is 0 Å². The van der Waals surface area contributed by atoms with Crippen molar-refractivity contribution in [1.82, 2.24) is 9.55 Å². The van der Waals surface area contributed by atoms with E-state index in [0.29, 0.717) is 6.42 Å². The molecule has 13 heavy (non-hydrogen) atoms. The number of aromatic nitrogens is 2. The van der Waals surface area contributed by atoms with Gasteiger partial charge in [-0.3, -0.25) is 9.36 Å². The lowest BCUT2D eigenvalue weighted by atomic mass is 10.1. The molecule has 72 valence electrons. The van der Waals surface area contributed by atoms with Gasteiger partial charge >= 0.3 is 0 Å². The Hall–Kier alpha value is -1.12. The lowest BCUT2D eigenvalue weighted by molar-refractivity contribution is 0.0881. The third-order valence-corrected chi connectivity index (χ3v) is 2.08. The summed E-state index contributed by atoms with van der Waals surface area (Å²) >= 11 is 0. The summed E-state index contributed by atoms with van der Waals surface area (Å²) in [6.07, 6.45) is 4.44. The highest BCUT2D eigenvalue weighted by molar-refractivity contribution is 5.81. The average molecular weight is 180 g/mol. The van der Waals surface area contributed by atoms with Crippen LogP contribution in [0.25, 0.3) is 0 Å². The summed E-state index contributed by atoms with van der Waals surface area (Å²) in [6.45, 7) is 5.87. The monoisotopic (exact) mass is 180 g/mol. The number of hydrogen-bond acceptors (Lipinski definition) is 2. The molecule has 2 rings (SSSR count). The van der Waals surface area contributed by atoms with Crippen LogP contribution in [-0.4, -0.2) is 15.5 Å². The summed E-state index contributed by atoms with van der Waals surface area (Å²) < 4.78 is 1.73. The zero-order valence-corrected chi connectivity index (χ0v) is 8.50. The highest BCUT2D eigenvalue weighted by Gasteiger charge is 2.17. The van der Waals surface area contributed by atoms with Gasteiger partial charge in [-0.05, 0) is 19.8 Å². The molecule has 0 amide bonds. The minimum absolute atomic E-state index is 0.196. The van der Waals surface area contributed by atoms with E-state index in [1.165, 1.54) is 0 Å². The summed E-state index contributed by atoms with van der Waals surface area (Å²) in [7, 11) is 0. The van der Waals surface area contributed by atoms with Gasteiger partial charge < -0.3 is 0 Å². The van der Waals surface area contributed by atoms with Crippen LogP contribution in [0.15, 0.2) is 6.20 Å². The van der Waals surface area contributed by atoms with E-state index in [-0.39, 0.29) is 5.91 Å². The number of carbonyl (C=O) groups is 1. The summed E-state index contributed by atoms with van der Waals surface area (Å²) in [6, 6.07) is 0. The van der Waals surface area contributed by atoms with Gasteiger partial charge in [0.1, 0.15) is 5.82 Å². The molecule has 0 spiro atoms. The molecule has 0 atom stereocenters. The minimum atomic E-state index is 0.196. The maximum atomic E-state index is 11.3. The Labute approximate surface area is 78.8 Å². The van der Waals surface area contributed by atoms with Gasteiger partial charge in [-0.15, -0.1) is 0 Å². The van der Waals surface area contributed by atoms with Crippen LogP contribution in [0.4, 0.5) is 0 Å². The molecule has 0 aliphatic carbocycles. The molecule has 1 aliphatic heterocycles. The van der Waals surface area contributed by atoms with Crippen LogP contribution in [0.2, 0.25) is 0 Å². The van der Waals surface area contributed by atoms with Crippen molar-refractivity contribution in [3.8, 4) is 0 Å². The molecule has 0 fully saturated rings. The second-order valence-corrected chi connectivity index (χ2v) is 2.88. The molecular weight excluding hydrogens is 164 g/mol. The highest BCUT2D eigenvalue weighted by Crippen LogP contribution is 2.15. The average Bonchev–Trinajstić information content (AvgIpc) is 2.53. The summed E-state index contributed by atoms with van der Waals surface area (Å²) in [5.74, 6) is 1.02. The zero-order valence-electron chi connectivity index (χ0n) is 8.50. The van der Waals surface area contributed by atoms with E-state index >= 15 is 0 Å². The van der Waals surface area contributed by atoms with Crippen LogP contribution in [0.3, 0.4) is 0 Å². The third-order valence-electron chi connectivity index (χ3n) is 2.08. The Balaban J connectivity index is 0.000000396. The topological polar surface area (TPSA) is 34.9 Å². The fourth-order valence-electron chi connectivity index (χ4n) is 1.54. The van der Waals surface area contributed by atoms with Gasteiger partial charge in [-0.2, -0.15) is 0 Å². The predicted octanol–water partition coefficient (Wildman–Crippen LogP) is 2.19. The molecule has 1 aromatic rings. The van der Waals surface area contributed by atoms with Gasteiger partial charge in [0.25, 0.3) is 0 Å². The summed E-state index contributed by atoms with van der Waals surface area (Å²) in [4.78, 5) is 15.4. The standard InChI is InChI=1S/C8H10N2O.C2H6/c1-6-9-5-7-3-2-4-8(11)10(6)7;1-2/h5H,2-4H2,1H3;1-2H3. The fraction of sp³-hybridized carbons (Fsp3) is 0.600. The Bertz CT molecular complexity index is 302. The Morgan fingerprint density at radius 1 is 1.38 bits per heavy atom. The van der Waals surface area contributed by atoms with Gasteiger partial charge in [-0.1, -0.05) is 13.8 Å². The zero-order chi connectivity index (χ0) is 9.84. The van der Waals surface area contributed by atoms with Crippen LogP contribution in [-0.2, 0) is 6.42 Å². The Morgan fingerprint density at radius 2 is 2.08 bits per heavy atom. The quantitative estimate of drug-likeness (QED) is 0.613. The third kappa shape index (κ3) is 1.79. The Kier molecular flexibility index (Phi) is 3.23. The number of carbonyl (C=O) groups excluding carboxylic acids is 1. The number of imidazole rings is 1. The second-order valence-electron chi connectivity index (χ2n) is 2.88. The van der Waals surface area contributed by atoms with Crippen molar-refractivity contribution in [2.24, 2.45) is 0 Å². The molecular formula is C10H16N2O. The van der Waals surface area contributed by atoms with E-state index in [4.69, 9.17) is 0 Å². The van der Waals surface area contributed by atoms with E-state index in [1.807, 2.05) is 20.8 Å². The second kappa shape index (κ2) is 4.21. The Morgan fingerprint density at radius 3 is 2.69 bits per heavy atom. The van der Waals surface area contributed by atoms with Crippen LogP contribution in [0, 0.1) is 6.92 Å². The van der Waals surface area contributed by atoms with Crippen molar-refractivity contribution in [1.29, 1.82) is 0 Å². The molecule has 0 saturated carbocycles. The molecule has 1 aliphatic rings. The lowest BCUT2D eigenvalue weighted by Gasteiger charge is -2.13. The van der Waals surface area contributed by atoms with E-state index in [0.717, 1.165) is 24.4 Å². The number of aryl methyl sites for hydroxylation is 2. The van der Waals surface area contributed by atoms with E-state index in [2.05, 4.69) is 4.98 Å². The summed E-state index contributed by atoms with van der Waals surface area (Å²) in [5.41, 5.74) is 1.07. The van der Waals surface area contributed by atoms with E-state index < -0.39 is 0 Å². The summed E-state index contributed by atoms with van der Waals surface area (Å²) in [5, 5.41) is 0. The van der Waals surface area contributed by atoms with Crippen molar-refractivity contribution < 1.29 is 4.79 Å². The van der Waals surface area contributed by atoms with Crippen molar-refractivity contribution in [2.75, 3.05) is 0 Å². The maximum absolute atomic E-state index is 11.3. The predicted molar refractivity (Wildman–Crippen MR) is 51.9 cm³/mol. The molecule has 3 nitrogen and oxygen atoms in total. The molecule has 0 bridgehead atoms. The van der Waals surface area contributed by atoms with Crippen molar-refractivity contribution in [2.45, 2.75) is 40.0 Å². The smallest absolute Gasteiger partial charge is 0.232 e. The maximum Gasteiger partial charge on any atom is 0.232 e. The van der Waals surface area contributed by atoms with Crippen LogP contribution >= 0.6 is 0 Å². The first-order chi connectivity index (χ1) is 6.29. The fourth-order valence-corrected chi connectivity index (χ4v) is 1.54. The first-order valence-electron chi connectivity index (χ1n) is 4.85. The van der Waals surface area contributed by atoms with Crippen LogP contribution in [0.5, 0.6) is 0 Å². The molecule has 0 N–H and O–H groups in total. The van der Waals surface area contributed by atoms with Gasteiger partial charge in [0.2, 0.25) is 5.91 Å². The first kappa shape index (κ1) is 9.96. The van der Waals surface area contributed by atoms with E-state index in [1.54, 1.807) is 10.8 Å². The van der Waals surface area contributed by atoms with Gasteiger partial charge in [0.05, 0.1) is 0 Å². The number of nitrogens with zero attached hydrogens (tertiary/aromatic N) is 2. The first-order valence-corrected chi connectivity index (χ1v) is 4.85. The molecule has 0 unspecified atom stereocenters. The molecule has 0 aromatic carbocycles. The van der Waals surface area contributed by atoms with E-state index in [9.17, 15) is 4.79 Å². The largest absolute Gasteiger partial charge is 0.274 e. The molecule has 2 heterocycles. The molecule has 1 aromatic heterocycles. The molecule has 0 saturated heterocycles.